The summed E-state index contributed by atoms with van der Waals surface area (Å²) < 4.78 is 3.57. The van der Waals surface area contributed by atoms with Gasteiger partial charge in [0, 0.05) is 5.92 Å². The minimum absolute atomic E-state index is 0.115. The van der Waals surface area contributed by atoms with Gasteiger partial charge in [0.25, 0.3) is 0 Å². The van der Waals surface area contributed by atoms with Crippen molar-refractivity contribution in [2.24, 2.45) is 11.8 Å². The Morgan fingerprint density at radius 3 is 2.33 bits per heavy atom. The van der Waals surface area contributed by atoms with E-state index in [1.165, 1.54) is 19.3 Å². The zero-order valence-electron chi connectivity index (χ0n) is 11.5. The van der Waals surface area contributed by atoms with Crippen molar-refractivity contribution < 1.29 is 21.2 Å². The highest BCUT2D eigenvalue weighted by atomic mass is 127. The second-order valence-electron chi connectivity index (χ2n) is 6.61. The molecule has 2 atom stereocenters. The second-order valence-corrected chi connectivity index (χ2v) is 14.6. The first-order valence-corrected chi connectivity index (χ1v) is 12.7. The van der Waals surface area contributed by atoms with E-state index in [0.717, 1.165) is 11.8 Å². The molecule has 0 radical (unpaired) electrons. The molecular formula is C16H22ISi+. The van der Waals surface area contributed by atoms with E-state index in [9.17, 15) is 0 Å². The summed E-state index contributed by atoms with van der Waals surface area (Å²) in [5.41, 5.74) is 0. The predicted octanol–water partition coefficient (Wildman–Crippen LogP) is 1.51. The molecule has 0 N–H and O–H groups in total. The van der Waals surface area contributed by atoms with E-state index in [1.807, 2.05) is 8.78 Å². The number of hydrogen-bond donors (Lipinski definition) is 0. The second kappa shape index (κ2) is 4.78. The summed E-state index contributed by atoms with van der Waals surface area (Å²) in [4.78, 5) is 0. The molecule has 2 unspecified atom stereocenters. The highest BCUT2D eigenvalue weighted by molar-refractivity contribution is 6.83. The zero-order valence-corrected chi connectivity index (χ0v) is 14.7. The molecule has 0 saturated heterocycles. The van der Waals surface area contributed by atoms with Crippen LogP contribution in [0.2, 0.25) is 19.6 Å². The number of fused-ring (bicyclic) bond motifs is 2. The molecule has 96 valence electrons. The van der Waals surface area contributed by atoms with Gasteiger partial charge in [-0.1, -0.05) is 37.8 Å². The van der Waals surface area contributed by atoms with Gasteiger partial charge in [-0.25, -0.2) is 0 Å². The third-order valence-corrected chi connectivity index (χ3v) is 10.4. The van der Waals surface area contributed by atoms with Gasteiger partial charge in [-0.05, 0) is 42.5 Å². The first-order chi connectivity index (χ1) is 8.55. The van der Waals surface area contributed by atoms with E-state index < -0.39 is 8.07 Å². The third kappa shape index (κ3) is 2.34. The molecule has 0 aromatic heterocycles. The molecule has 0 aliphatic heterocycles. The summed E-state index contributed by atoms with van der Waals surface area (Å²) in [6, 6.07) is 11.2. The lowest BCUT2D eigenvalue weighted by molar-refractivity contribution is -0.583. The summed E-state index contributed by atoms with van der Waals surface area (Å²) in [5.74, 6) is 1.96. The first-order valence-electron chi connectivity index (χ1n) is 7.00. The lowest BCUT2D eigenvalue weighted by Gasteiger charge is -2.24. The van der Waals surface area contributed by atoms with Gasteiger partial charge in [-0.3, -0.25) is 0 Å². The summed E-state index contributed by atoms with van der Waals surface area (Å²) in [6.07, 6.45) is 4.48. The molecule has 1 aromatic rings. The van der Waals surface area contributed by atoms with Gasteiger partial charge in [0.1, 0.15) is 0 Å². The van der Waals surface area contributed by atoms with E-state index in [1.54, 1.807) is 3.57 Å². The lowest BCUT2D eigenvalue weighted by atomic mass is 10.1. The largest absolute Gasteiger partial charge is 0.352 e. The van der Waals surface area contributed by atoms with E-state index >= 15 is 0 Å². The standard InChI is InChI=1S/C16H22ISi/c1-18(2,3)16-13-10-9-12(11-13)15(16)17-14-7-5-4-6-8-14/h4-8,12-13H,9-11H2,1-3H3/q+1. The summed E-state index contributed by atoms with van der Waals surface area (Å²) in [6.45, 7) is 7.66. The van der Waals surface area contributed by atoms with Gasteiger partial charge in [0.05, 0.1) is 8.07 Å². The van der Waals surface area contributed by atoms with Crippen molar-refractivity contribution in [1.29, 1.82) is 0 Å². The molecule has 1 aromatic carbocycles. The quantitative estimate of drug-likeness (QED) is 0.560. The molecule has 18 heavy (non-hydrogen) atoms. The van der Waals surface area contributed by atoms with Crippen LogP contribution < -0.4 is 21.2 Å². The topological polar surface area (TPSA) is 0 Å². The minimum Gasteiger partial charge on any atom is -0.0658 e. The Morgan fingerprint density at radius 2 is 1.67 bits per heavy atom. The van der Waals surface area contributed by atoms with Crippen LogP contribution in [0.3, 0.4) is 0 Å². The van der Waals surface area contributed by atoms with Crippen LogP contribution in [-0.2, 0) is 0 Å². The van der Waals surface area contributed by atoms with Gasteiger partial charge < -0.3 is 0 Å². The van der Waals surface area contributed by atoms with E-state index in [0.29, 0.717) is 0 Å². The molecule has 2 heteroatoms. The molecular weight excluding hydrogens is 347 g/mol. The van der Waals surface area contributed by atoms with Crippen molar-refractivity contribution >= 4 is 8.07 Å². The van der Waals surface area contributed by atoms with Crippen LogP contribution in [0.1, 0.15) is 19.3 Å². The number of rotatable bonds is 3. The summed E-state index contributed by atoms with van der Waals surface area (Å²) >= 11 is 0.115. The van der Waals surface area contributed by atoms with Crippen LogP contribution in [-0.4, -0.2) is 8.07 Å². The van der Waals surface area contributed by atoms with Crippen molar-refractivity contribution in [3.63, 3.8) is 0 Å². The molecule has 1 fully saturated rings. The van der Waals surface area contributed by atoms with Crippen molar-refractivity contribution in [2.45, 2.75) is 38.9 Å². The van der Waals surface area contributed by atoms with Crippen molar-refractivity contribution in [2.75, 3.05) is 0 Å². The van der Waals surface area contributed by atoms with E-state index in [2.05, 4.69) is 50.0 Å². The Balaban J connectivity index is 1.95. The van der Waals surface area contributed by atoms with Crippen molar-refractivity contribution in [1.82, 2.24) is 0 Å². The number of halogens is 1. The summed E-state index contributed by atoms with van der Waals surface area (Å²) in [5, 5.41) is 1.98. The Kier molecular flexibility index (Phi) is 3.43. The van der Waals surface area contributed by atoms with Gasteiger partial charge >= 0.3 is 21.2 Å². The van der Waals surface area contributed by atoms with Gasteiger partial charge in [-0.2, -0.15) is 0 Å². The molecule has 0 heterocycles. The van der Waals surface area contributed by atoms with Gasteiger partial charge in [0.15, 0.2) is 7.15 Å². The monoisotopic (exact) mass is 369 g/mol. The van der Waals surface area contributed by atoms with E-state index in [-0.39, 0.29) is 21.2 Å². The maximum atomic E-state index is 2.55. The molecule has 2 bridgehead atoms. The lowest BCUT2D eigenvalue weighted by Crippen LogP contribution is -3.61. The van der Waals surface area contributed by atoms with Crippen LogP contribution in [0.5, 0.6) is 0 Å². The molecule has 0 amide bonds. The van der Waals surface area contributed by atoms with Crippen molar-refractivity contribution in [3.8, 4) is 0 Å². The Bertz CT molecular complexity index is 470. The molecule has 3 rings (SSSR count). The normalized spacial score (nSPS) is 27.1. The molecule has 1 saturated carbocycles. The molecule has 0 nitrogen and oxygen atoms in total. The Labute approximate surface area is 122 Å². The average Bonchev–Trinajstić information content (AvgIpc) is 2.89. The van der Waals surface area contributed by atoms with Crippen LogP contribution in [0.25, 0.3) is 0 Å². The maximum Gasteiger partial charge on any atom is 0.352 e. The van der Waals surface area contributed by atoms with Gasteiger partial charge in [-0.15, -0.1) is 0 Å². The number of benzene rings is 1. The molecule has 0 spiro atoms. The third-order valence-electron chi connectivity index (χ3n) is 4.21. The van der Waals surface area contributed by atoms with Crippen LogP contribution in [0, 0.1) is 15.4 Å². The number of allylic oxidation sites excluding steroid dienone is 2. The minimum atomic E-state index is -1.09. The van der Waals surface area contributed by atoms with E-state index in [4.69, 9.17) is 0 Å². The zero-order chi connectivity index (χ0) is 12.8. The molecule has 2 aliphatic carbocycles. The fraction of sp³-hybridized carbons (Fsp3) is 0.500. The SMILES string of the molecule is C[Si](C)(C)C1=C([I+]c2ccccc2)C2CCC1C2. The van der Waals surface area contributed by atoms with Crippen LogP contribution >= 0.6 is 0 Å². The Hall–Kier alpha value is -0.0931. The van der Waals surface area contributed by atoms with Crippen molar-refractivity contribution in [3.05, 3.63) is 42.7 Å². The predicted molar refractivity (Wildman–Crippen MR) is 76.3 cm³/mol. The molecule has 2 aliphatic rings. The van der Waals surface area contributed by atoms with Crippen LogP contribution in [0.15, 0.2) is 39.1 Å². The smallest absolute Gasteiger partial charge is 0.0658 e. The fourth-order valence-corrected chi connectivity index (χ4v) is 11.9. The first kappa shape index (κ1) is 12.9. The highest BCUT2D eigenvalue weighted by Gasteiger charge is 2.49. The maximum absolute atomic E-state index is 2.55. The highest BCUT2D eigenvalue weighted by Crippen LogP contribution is 2.48. The number of hydrogen-bond acceptors (Lipinski definition) is 0. The van der Waals surface area contributed by atoms with Crippen LogP contribution in [0.4, 0.5) is 0 Å². The summed E-state index contributed by atoms with van der Waals surface area (Å²) in [7, 11) is -1.09. The van der Waals surface area contributed by atoms with Gasteiger partial charge in [0.2, 0.25) is 0 Å². The average molecular weight is 369 g/mol. The Morgan fingerprint density at radius 1 is 1.00 bits per heavy atom. The fourth-order valence-electron chi connectivity index (χ4n) is 3.58.